The molecule has 1 heterocycles. The number of furan rings is 1. The normalized spacial score (nSPS) is 13.9. The summed E-state index contributed by atoms with van der Waals surface area (Å²) in [7, 11) is 0. The zero-order valence-corrected chi connectivity index (χ0v) is 15.0. The summed E-state index contributed by atoms with van der Waals surface area (Å²) < 4.78 is 4.83. The smallest absolute Gasteiger partial charge is 0.254 e. The average molecular weight is 369 g/mol. The van der Waals surface area contributed by atoms with Gasteiger partial charge in [-0.2, -0.15) is 0 Å². The van der Waals surface area contributed by atoms with Crippen LogP contribution in [0, 0.1) is 5.92 Å². The number of amides is 3. The lowest BCUT2D eigenvalue weighted by Gasteiger charge is -2.12. The molecule has 0 aliphatic heterocycles. The molecule has 0 atom stereocenters. The standard InChI is InChI=1S/C20H23N3O4/c24-18(12-22-19(25)16-8-9-27-13-16)21-11-14-4-3-7-17(10-14)23-20(26)15-5-1-2-6-15/h3-4,7-10,13,15H,1-2,5-6,11-12H2,(H,21,24)(H,22,25)(H,23,26). The van der Waals surface area contributed by atoms with Crippen molar-refractivity contribution in [3.8, 4) is 0 Å². The van der Waals surface area contributed by atoms with Gasteiger partial charge in [-0.1, -0.05) is 25.0 Å². The predicted octanol–water partition coefficient (Wildman–Crippen LogP) is 2.45. The molecule has 0 radical (unpaired) electrons. The quantitative estimate of drug-likeness (QED) is 0.698. The van der Waals surface area contributed by atoms with Gasteiger partial charge in [-0.3, -0.25) is 14.4 Å². The second kappa shape index (κ2) is 9.02. The molecule has 7 heteroatoms. The first-order chi connectivity index (χ1) is 13.1. The topological polar surface area (TPSA) is 100 Å². The van der Waals surface area contributed by atoms with Crippen LogP contribution in [0.15, 0.2) is 47.3 Å². The monoisotopic (exact) mass is 369 g/mol. The van der Waals surface area contributed by atoms with Crippen LogP contribution in [-0.4, -0.2) is 24.3 Å². The van der Waals surface area contributed by atoms with Crippen LogP contribution in [0.2, 0.25) is 0 Å². The molecule has 1 saturated carbocycles. The highest BCUT2D eigenvalue weighted by Crippen LogP contribution is 2.26. The van der Waals surface area contributed by atoms with Gasteiger partial charge in [0.15, 0.2) is 0 Å². The Kier molecular flexibility index (Phi) is 6.25. The third-order valence-electron chi connectivity index (χ3n) is 4.60. The Balaban J connectivity index is 1.44. The zero-order valence-electron chi connectivity index (χ0n) is 15.0. The second-order valence-electron chi connectivity index (χ2n) is 6.64. The molecule has 0 saturated heterocycles. The van der Waals surface area contributed by atoms with E-state index in [2.05, 4.69) is 16.0 Å². The number of carbonyl (C=O) groups excluding carboxylic acids is 3. The van der Waals surface area contributed by atoms with E-state index in [0.717, 1.165) is 36.9 Å². The van der Waals surface area contributed by atoms with Crippen molar-refractivity contribution in [3.63, 3.8) is 0 Å². The Hall–Kier alpha value is -3.09. The maximum atomic E-state index is 12.2. The first-order valence-electron chi connectivity index (χ1n) is 9.09. The molecular weight excluding hydrogens is 346 g/mol. The van der Waals surface area contributed by atoms with Gasteiger partial charge < -0.3 is 20.4 Å². The highest BCUT2D eigenvalue weighted by molar-refractivity contribution is 5.96. The maximum Gasteiger partial charge on any atom is 0.254 e. The maximum absolute atomic E-state index is 12.2. The van der Waals surface area contributed by atoms with Crippen molar-refractivity contribution < 1.29 is 18.8 Å². The Labute approximate surface area is 157 Å². The van der Waals surface area contributed by atoms with Gasteiger partial charge in [-0.25, -0.2) is 0 Å². The van der Waals surface area contributed by atoms with Crippen LogP contribution in [0.5, 0.6) is 0 Å². The lowest BCUT2D eigenvalue weighted by molar-refractivity contribution is -0.120. The molecule has 1 aliphatic carbocycles. The van der Waals surface area contributed by atoms with Crippen LogP contribution in [0.3, 0.4) is 0 Å². The summed E-state index contributed by atoms with van der Waals surface area (Å²) in [6, 6.07) is 8.92. The number of hydrogen-bond donors (Lipinski definition) is 3. The van der Waals surface area contributed by atoms with E-state index in [0.29, 0.717) is 12.1 Å². The third kappa shape index (κ3) is 5.44. The highest BCUT2D eigenvalue weighted by Gasteiger charge is 2.22. The molecular formula is C20H23N3O4. The van der Waals surface area contributed by atoms with Crippen LogP contribution in [-0.2, 0) is 16.1 Å². The van der Waals surface area contributed by atoms with E-state index in [-0.39, 0.29) is 30.2 Å². The van der Waals surface area contributed by atoms with Gasteiger partial charge in [-0.05, 0) is 36.6 Å². The van der Waals surface area contributed by atoms with Crippen molar-refractivity contribution in [2.75, 3.05) is 11.9 Å². The van der Waals surface area contributed by atoms with Crippen molar-refractivity contribution in [1.29, 1.82) is 0 Å². The van der Waals surface area contributed by atoms with E-state index < -0.39 is 0 Å². The molecule has 3 amide bonds. The van der Waals surface area contributed by atoms with E-state index in [1.807, 2.05) is 24.3 Å². The Morgan fingerprint density at radius 1 is 1.07 bits per heavy atom. The van der Waals surface area contributed by atoms with Crippen molar-refractivity contribution in [3.05, 3.63) is 54.0 Å². The number of rotatable bonds is 7. The largest absolute Gasteiger partial charge is 0.472 e. The number of benzene rings is 1. The molecule has 3 N–H and O–H groups in total. The first kappa shape index (κ1) is 18.7. The second-order valence-corrected chi connectivity index (χ2v) is 6.64. The minimum atomic E-state index is -0.365. The molecule has 1 aromatic heterocycles. The molecule has 0 spiro atoms. The van der Waals surface area contributed by atoms with Gasteiger partial charge >= 0.3 is 0 Å². The number of anilines is 1. The molecule has 0 unspecified atom stereocenters. The number of nitrogens with one attached hydrogen (secondary N) is 3. The molecule has 27 heavy (non-hydrogen) atoms. The van der Waals surface area contributed by atoms with Crippen LogP contribution in [0.4, 0.5) is 5.69 Å². The molecule has 3 rings (SSSR count). The fourth-order valence-electron chi connectivity index (χ4n) is 3.11. The van der Waals surface area contributed by atoms with E-state index in [4.69, 9.17) is 4.42 Å². The first-order valence-corrected chi connectivity index (χ1v) is 9.09. The fraction of sp³-hybridized carbons (Fsp3) is 0.350. The van der Waals surface area contributed by atoms with Gasteiger partial charge in [0.05, 0.1) is 18.4 Å². The summed E-state index contributed by atoms with van der Waals surface area (Å²) in [6.07, 6.45) is 6.84. The van der Waals surface area contributed by atoms with E-state index >= 15 is 0 Å². The van der Waals surface area contributed by atoms with E-state index in [9.17, 15) is 14.4 Å². The van der Waals surface area contributed by atoms with E-state index in [1.54, 1.807) is 0 Å². The number of carbonyl (C=O) groups is 3. The summed E-state index contributed by atoms with van der Waals surface area (Å²) in [5.41, 5.74) is 1.97. The summed E-state index contributed by atoms with van der Waals surface area (Å²) in [5.74, 6) is -0.495. The SMILES string of the molecule is O=C(CNC(=O)c1ccoc1)NCc1cccc(NC(=O)C2CCCC2)c1. The molecule has 1 fully saturated rings. The van der Waals surface area contributed by atoms with Gasteiger partial charge in [0, 0.05) is 18.2 Å². The van der Waals surface area contributed by atoms with Crippen LogP contribution < -0.4 is 16.0 Å². The minimum absolute atomic E-state index is 0.0654. The van der Waals surface area contributed by atoms with Crippen molar-refractivity contribution >= 4 is 23.4 Å². The van der Waals surface area contributed by atoms with Crippen LogP contribution in [0.1, 0.15) is 41.6 Å². The third-order valence-corrected chi connectivity index (χ3v) is 4.60. The van der Waals surface area contributed by atoms with Crippen LogP contribution >= 0.6 is 0 Å². The summed E-state index contributed by atoms with van der Waals surface area (Å²) in [5, 5.41) is 8.22. The Morgan fingerprint density at radius 2 is 1.89 bits per heavy atom. The van der Waals surface area contributed by atoms with Crippen molar-refractivity contribution in [1.82, 2.24) is 10.6 Å². The zero-order chi connectivity index (χ0) is 19.1. The molecule has 2 aromatic rings. The highest BCUT2D eigenvalue weighted by atomic mass is 16.3. The molecule has 0 bridgehead atoms. The summed E-state index contributed by atoms with van der Waals surface area (Å²) in [4.78, 5) is 35.9. The van der Waals surface area contributed by atoms with Gasteiger partial charge in [0.25, 0.3) is 5.91 Å². The molecule has 7 nitrogen and oxygen atoms in total. The Morgan fingerprint density at radius 3 is 2.63 bits per heavy atom. The predicted molar refractivity (Wildman–Crippen MR) is 99.9 cm³/mol. The van der Waals surface area contributed by atoms with Crippen LogP contribution in [0.25, 0.3) is 0 Å². The van der Waals surface area contributed by atoms with E-state index in [1.165, 1.54) is 18.6 Å². The average Bonchev–Trinajstić information content (AvgIpc) is 3.38. The lowest BCUT2D eigenvalue weighted by Crippen LogP contribution is -2.36. The van der Waals surface area contributed by atoms with Gasteiger partial charge in [-0.15, -0.1) is 0 Å². The fourth-order valence-corrected chi connectivity index (χ4v) is 3.11. The molecule has 1 aliphatic rings. The summed E-state index contributed by atoms with van der Waals surface area (Å²) >= 11 is 0. The van der Waals surface area contributed by atoms with Crippen molar-refractivity contribution in [2.45, 2.75) is 32.2 Å². The number of hydrogen-bond acceptors (Lipinski definition) is 4. The van der Waals surface area contributed by atoms with Gasteiger partial charge in [0.1, 0.15) is 6.26 Å². The van der Waals surface area contributed by atoms with Crippen molar-refractivity contribution in [2.24, 2.45) is 5.92 Å². The molecule has 142 valence electrons. The van der Waals surface area contributed by atoms with Gasteiger partial charge in [0.2, 0.25) is 11.8 Å². The lowest BCUT2D eigenvalue weighted by atomic mass is 10.1. The Bertz CT molecular complexity index is 795. The minimum Gasteiger partial charge on any atom is -0.472 e. The summed E-state index contributed by atoms with van der Waals surface area (Å²) in [6.45, 7) is 0.190. The molecule has 1 aromatic carbocycles.